The quantitative estimate of drug-likeness (QED) is 0.802. The normalized spacial score (nSPS) is 11.8. The van der Waals surface area contributed by atoms with Crippen molar-refractivity contribution in [3.05, 3.63) is 52.5 Å². The Hall–Kier alpha value is -2.12. The van der Waals surface area contributed by atoms with Crippen LogP contribution in [0.4, 0.5) is 0 Å². The van der Waals surface area contributed by atoms with Crippen LogP contribution in [0, 0.1) is 20.8 Å². The fourth-order valence-electron chi connectivity index (χ4n) is 2.86. The number of hydrogen-bond acceptors (Lipinski definition) is 4. The van der Waals surface area contributed by atoms with E-state index in [1.165, 1.54) is 10.4 Å². The molecule has 1 amide bonds. The highest BCUT2D eigenvalue weighted by Gasteiger charge is 2.24. The largest absolute Gasteiger partial charge is 0.466 e. The third-order valence-corrected chi connectivity index (χ3v) is 6.55. The average Bonchev–Trinajstić information content (AvgIpc) is 2.91. The van der Waals surface area contributed by atoms with E-state index in [2.05, 4.69) is 5.32 Å². The Bertz CT molecular complexity index is 896. The summed E-state index contributed by atoms with van der Waals surface area (Å²) in [6.45, 7) is 10.1. The Kier molecular flexibility index (Phi) is 6.26. The maximum absolute atomic E-state index is 12.8. The third-order valence-electron chi connectivity index (χ3n) is 4.36. The fourth-order valence-corrected chi connectivity index (χ4v) is 4.57. The summed E-state index contributed by atoms with van der Waals surface area (Å²) in [5, 5.41) is 2.82. The van der Waals surface area contributed by atoms with Crippen LogP contribution in [-0.2, 0) is 16.6 Å². The first kappa shape index (κ1) is 20.2. The van der Waals surface area contributed by atoms with Gasteiger partial charge in [-0.25, -0.2) is 8.42 Å². The minimum atomic E-state index is -3.62. The molecule has 0 atom stereocenters. The molecule has 1 aromatic heterocycles. The summed E-state index contributed by atoms with van der Waals surface area (Å²) in [4.78, 5) is 12.7. The first-order chi connectivity index (χ1) is 12.2. The molecule has 0 saturated carbocycles. The third kappa shape index (κ3) is 4.16. The average molecular weight is 378 g/mol. The van der Waals surface area contributed by atoms with Gasteiger partial charge in [-0.15, -0.1) is 0 Å². The second-order valence-corrected chi connectivity index (χ2v) is 8.10. The van der Waals surface area contributed by atoms with Gasteiger partial charge in [-0.3, -0.25) is 4.79 Å². The Balaban J connectivity index is 2.25. The van der Waals surface area contributed by atoms with Gasteiger partial charge in [-0.05, 0) is 44.5 Å². The van der Waals surface area contributed by atoms with Crippen molar-refractivity contribution in [2.24, 2.45) is 0 Å². The zero-order valence-electron chi connectivity index (χ0n) is 15.9. The van der Waals surface area contributed by atoms with Gasteiger partial charge in [0.25, 0.3) is 5.91 Å². The molecule has 0 spiro atoms. The second-order valence-electron chi connectivity index (χ2n) is 6.19. The zero-order chi connectivity index (χ0) is 19.5. The molecule has 142 valence electrons. The number of benzene rings is 1. The van der Waals surface area contributed by atoms with Crippen molar-refractivity contribution >= 4 is 15.9 Å². The highest BCUT2D eigenvalue weighted by atomic mass is 32.2. The second kappa shape index (κ2) is 8.05. The number of carbonyl (C=O) groups is 1. The van der Waals surface area contributed by atoms with E-state index in [1.54, 1.807) is 32.9 Å². The number of nitrogens with one attached hydrogen (secondary N) is 1. The van der Waals surface area contributed by atoms with E-state index in [1.807, 2.05) is 19.9 Å². The Morgan fingerprint density at radius 2 is 1.77 bits per heavy atom. The first-order valence-electron chi connectivity index (χ1n) is 8.65. The van der Waals surface area contributed by atoms with Gasteiger partial charge < -0.3 is 9.73 Å². The van der Waals surface area contributed by atoms with Crippen LogP contribution < -0.4 is 5.32 Å². The van der Waals surface area contributed by atoms with Crippen molar-refractivity contribution in [3.63, 3.8) is 0 Å². The van der Waals surface area contributed by atoms with E-state index in [4.69, 9.17) is 4.42 Å². The molecule has 0 aliphatic heterocycles. The molecular weight excluding hydrogens is 352 g/mol. The number of aryl methyl sites for hydroxylation is 3. The van der Waals surface area contributed by atoms with Crippen molar-refractivity contribution in [2.45, 2.75) is 46.1 Å². The smallest absolute Gasteiger partial charge is 0.251 e. The molecule has 0 aliphatic rings. The highest BCUT2D eigenvalue weighted by Crippen LogP contribution is 2.21. The molecule has 1 N–H and O–H groups in total. The minimum Gasteiger partial charge on any atom is -0.466 e. The maximum Gasteiger partial charge on any atom is 0.251 e. The van der Waals surface area contributed by atoms with Gasteiger partial charge in [-0.2, -0.15) is 4.31 Å². The van der Waals surface area contributed by atoms with E-state index in [0.717, 1.165) is 17.1 Å². The summed E-state index contributed by atoms with van der Waals surface area (Å²) in [7, 11) is -3.62. The summed E-state index contributed by atoms with van der Waals surface area (Å²) in [6.07, 6.45) is 0. The van der Waals surface area contributed by atoms with Crippen molar-refractivity contribution in [1.29, 1.82) is 0 Å². The SMILES string of the molecule is CCN(CC)S(=O)(=O)c1cc(C(=O)NCc2cc(C)oc2C)ccc1C. The van der Waals surface area contributed by atoms with Crippen molar-refractivity contribution < 1.29 is 17.6 Å². The van der Waals surface area contributed by atoms with Crippen LogP contribution in [-0.4, -0.2) is 31.7 Å². The molecule has 0 fully saturated rings. The molecule has 1 heterocycles. The number of sulfonamides is 1. The molecule has 1 aromatic carbocycles. The molecule has 0 unspecified atom stereocenters. The van der Waals surface area contributed by atoms with E-state index >= 15 is 0 Å². The molecule has 2 aromatic rings. The summed E-state index contributed by atoms with van der Waals surface area (Å²) in [5.41, 5.74) is 1.84. The molecule has 2 rings (SSSR count). The molecule has 0 aliphatic carbocycles. The lowest BCUT2D eigenvalue weighted by molar-refractivity contribution is 0.0950. The van der Waals surface area contributed by atoms with E-state index < -0.39 is 10.0 Å². The van der Waals surface area contributed by atoms with Gasteiger partial charge in [0.05, 0.1) is 4.90 Å². The van der Waals surface area contributed by atoms with Crippen LogP contribution in [0.15, 0.2) is 33.6 Å². The number of nitrogens with zero attached hydrogens (tertiary/aromatic N) is 1. The minimum absolute atomic E-state index is 0.171. The number of carbonyl (C=O) groups excluding carboxylic acids is 1. The van der Waals surface area contributed by atoms with Gasteiger partial charge in [0.2, 0.25) is 10.0 Å². The van der Waals surface area contributed by atoms with E-state index in [0.29, 0.717) is 30.8 Å². The highest BCUT2D eigenvalue weighted by molar-refractivity contribution is 7.89. The van der Waals surface area contributed by atoms with Gasteiger partial charge in [0.1, 0.15) is 11.5 Å². The maximum atomic E-state index is 12.8. The van der Waals surface area contributed by atoms with Crippen LogP contribution >= 0.6 is 0 Å². The monoisotopic (exact) mass is 378 g/mol. The van der Waals surface area contributed by atoms with Crippen LogP contribution in [0.2, 0.25) is 0 Å². The molecule has 6 nitrogen and oxygen atoms in total. The van der Waals surface area contributed by atoms with Gasteiger partial charge >= 0.3 is 0 Å². The first-order valence-corrected chi connectivity index (χ1v) is 10.1. The summed E-state index contributed by atoms with van der Waals surface area (Å²) in [6, 6.07) is 6.63. The fraction of sp³-hybridized carbons (Fsp3) is 0.421. The summed E-state index contributed by atoms with van der Waals surface area (Å²) < 4.78 is 32.4. The molecular formula is C19H26N2O4S. The predicted octanol–water partition coefficient (Wildman–Crippen LogP) is 3.17. The lowest BCUT2D eigenvalue weighted by atomic mass is 10.1. The van der Waals surface area contributed by atoms with Crippen LogP contribution in [0.3, 0.4) is 0 Å². The van der Waals surface area contributed by atoms with Crippen LogP contribution in [0.5, 0.6) is 0 Å². The summed E-state index contributed by atoms with van der Waals surface area (Å²) in [5.74, 6) is 1.23. The topological polar surface area (TPSA) is 79.6 Å². The lowest BCUT2D eigenvalue weighted by Crippen LogP contribution is -2.31. The van der Waals surface area contributed by atoms with Crippen LogP contribution in [0.25, 0.3) is 0 Å². The lowest BCUT2D eigenvalue weighted by Gasteiger charge is -2.20. The molecule has 0 bridgehead atoms. The standard InChI is InChI=1S/C19H26N2O4S/c1-6-21(7-2)26(23,24)18-11-16(9-8-13(18)3)19(22)20-12-17-10-14(4)25-15(17)5/h8-11H,6-7,12H2,1-5H3,(H,20,22). The molecule has 7 heteroatoms. The number of furan rings is 1. The molecule has 0 radical (unpaired) electrons. The molecule has 26 heavy (non-hydrogen) atoms. The van der Waals surface area contributed by atoms with Gasteiger partial charge in [0.15, 0.2) is 0 Å². The number of rotatable bonds is 7. The van der Waals surface area contributed by atoms with Crippen LogP contribution in [0.1, 0.15) is 46.9 Å². The predicted molar refractivity (Wildman–Crippen MR) is 101 cm³/mol. The van der Waals surface area contributed by atoms with E-state index in [-0.39, 0.29) is 10.8 Å². The Morgan fingerprint density at radius 1 is 1.12 bits per heavy atom. The van der Waals surface area contributed by atoms with Gasteiger partial charge in [-0.1, -0.05) is 19.9 Å². The van der Waals surface area contributed by atoms with E-state index in [9.17, 15) is 13.2 Å². The van der Waals surface area contributed by atoms with Crippen molar-refractivity contribution in [1.82, 2.24) is 9.62 Å². The zero-order valence-corrected chi connectivity index (χ0v) is 16.7. The number of amides is 1. The van der Waals surface area contributed by atoms with Crippen molar-refractivity contribution in [2.75, 3.05) is 13.1 Å². The molecule has 0 saturated heterocycles. The van der Waals surface area contributed by atoms with Gasteiger partial charge in [0, 0.05) is 30.8 Å². The summed E-state index contributed by atoms with van der Waals surface area (Å²) >= 11 is 0. The number of hydrogen-bond donors (Lipinski definition) is 1. The Labute approximate surface area is 155 Å². The van der Waals surface area contributed by atoms with Crippen molar-refractivity contribution in [3.8, 4) is 0 Å². The Morgan fingerprint density at radius 3 is 2.31 bits per heavy atom.